The van der Waals surface area contributed by atoms with E-state index in [4.69, 9.17) is 9.84 Å². The number of nitrogens with one attached hydrogen (secondary N) is 1. The van der Waals surface area contributed by atoms with E-state index in [2.05, 4.69) is 11.9 Å². The number of esters is 1. The fourth-order valence-electron chi connectivity index (χ4n) is 3.59. The van der Waals surface area contributed by atoms with E-state index >= 15 is 0 Å². The SMILES string of the molecule is C=CCCCCCCCCCNC(Cc1ccccc1)C(=O)OCC(O)C(O)C(O)C(O)CO. The Labute approximate surface area is 203 Å². The molecule has 8 nitrogen and oxygen atoms in total. The Morgan fingerprint density at radius 2 is 1.50 bits per heavy atom. The smallest absolute Gasteiger partial charge is 0.323 e. The lowest BCUT2D eigenvalue weighted by Crippen LogP contribution is -2.48. The van der Waals surface area contributed by atoms with Crippen molar-refractivity contribution in [3.63, 3.8) is 0 Å². The molecule has 1 rings (SSSR count). The zero-order valence-electron chi connectivity index (χ0n) is 20.1. The van der Waals surface area contributed by atoms with E-state index in [0.29, 0.717) is 13.0 Å². The molecule has 0 radical (unpaired) electrons. The van der Waals surface area contributed by atoms with E-state index in [9.17, 15) is 25.2 Å². The summed E-state index contributed by atoms with van der Waals surface area (Å²) in [5.41, 5.74) is 0.957. The van der Waals surface area contributed by atoms with E-state index in [1.807, 2.05) is 36.4 Å². The molecule has 0 saturated heterocycles. The molecule has 0 amide bonds. The number of allylic oxidation sites excluding steroid dienone is 1. The van der Waals surface area contributed by atoms with Gasteiger partial charge in [-0.05, 0) is 37.8 Å². The lowest BCUT2D eigenvalue weighted by molar-refractivity contribution is -0.158. The molecule has 0 aliphatic heterocycles. The first-order chi connectivity index (χ1) is 16.4. The maximum absolute atomic E-state index is 12.7. The zero-order chi connectivity index (χ0) is 25.2. The van der Waals surface area contributed by atoms with Crippen molar-refractivity contribution in [2.24, 2.45) is 0 Å². The highest BCUT2D eigenvalue weighted by Crippen LogP contribution is 2.10. The van der Waals surface area contributed by atoms with Crippen molar-refractivity contribution in [3.05, 3.63) is 48.6 Å². The van der Waals surface area contributed by atoms with Crippen LogP contribution in [0, 0.1) is 0 Å². The molecule has 0 saturated carbocycles. The van der Waals surface area contributed by atoms with E-state index in [1.54, 1.807) is 0 Å². The van der Waals surface area contributed by atoms with Gasteiger partial charge in [-0.25, -0.2) is 0 Å². The van der Waals surface area contributed by atoms with Crippen LogP contribution in [0.1, 0.15) is 56.9 Å². The Hall–Kier alpha value is -1.81. The Morgan fingerprint density at radius 1 is 0.912 bits per heavy atom. The van der Waals surface area contributed by atoms with Crippen LogP contribution in [0.3, 0.4) is 0 Å². The van der Waals surface area contributed by atoms with Gasteiger partial charge >= 0.3 is 5.97 Å². The number of ether oxygens (including phenoxy) is 1. The van der Waals surface area contributed by atoms with Gasteiger partial charge in [0, 0.05) is 0 Å². The molecular formula is C26H43NO7. The van der Waals surface area contributed by atoms with Gasteiger partial charge in [0.05, 0.1) is 6.61 Å². The number of aliphatic hydroxyl groups is 5. The summed E-state index contributed by atoms with van der Waals surface area (Å²) >= 11 is 0. The van der Waals surface area contributed by atoms with Crippen molar-refractivity contribution in [2.45, 2.75) is 88.2 Å². The lowest BCUT2D eigenvalue weighted by Gasteiger charge is -2.26. The average Bonchev–Trinajstić information content (AvgIpc) is 2.86. The highest BCUT2D eigenvalue weighted by molar-refractivity contribution is 5.76. The largest absolute Gasteiger partial charge is 0.462 e. The molecule has 1 aromatic rings. The molecule has 8 heteroatoms. The normalized spacial score (nSPS) is 15.8. The fraction of sp³-hybridized carbons (Fsp3) is 0.654. The summed E-state index contributed by atoms with van der Waals surface area (Å²) in [5, 5.41) is 51.1. The average molecular weight is 482 g/mol. The Bertz CT molecular complexity index is 658. The third kappa shape index (κ3) is 12.6. The number of aliphatic hydroxyl groups excluding tert-OH is 5. The van der Waals surface area contributed by atoms with E-state index in [-0.39, 0.29) is 0 Å². The highest BCUT2D eigenvalue weighted by Gasteiger charge is 2.31. The molecule has 34 heavy (non-hydrogen) atoms. The second-order valence-electron chi connectivity index (χ2n) is 8.68. The van der Waals surface area contributed by atoms with Gasteiger partial charge in [0.15, 0.2) is 0 Å². The van der Waals surface area contributed by atoms with Gasteiger partial charge in [-0.2, -0.15) is 0 Å². The lowest BCUT2D eigenvalue weighted by atomic mass is 10.0. The van der Waals surface area contributed by atoms with Crippen molar-refractivity contribution in [1.29, 1.82) is 0 Å². The molecule has 0 fully saturated rings. The Balaban J connectivity index is 2.47. The quantitative estimate of drug-likeness (QED) is 0.0935. The molecule has 0 bridgehead atoms. The van der Waals surface area contributed by atoms with Gasteiger partial charge in [-0.1, -0.05) is 68.5 Å². The van der Waals surface area contributed by atoms with Gasteiger partial charge in [0.1, 0.15) is 37.1 Å². The van der Waals surface area contributed by atoms with E-state index in [0.717, 1.165) is 31.2 Å². The number of benzene rings is 1. The molecule has 0 aromatic heterocycles. The number of carbonyl (C=O) groups excluding carboxylic acids is 1. The van der Waals surface area contributed by atoms with E-state index in [1.165, 1.54) is 25.7 Å². The van der Waals surface area contributed by atoms with Crippen LogP contribution >= 0.6 is 0 Å². The summed E-state index contributed by atoms with van der Waals surface area (Å²) in [5.74, 6) is -0.575. The van der Waals surface area contributed by atoms with Crippen LogP contribution in [0.15, 0.2) is 43.0 Å². The van der Waals surface area contributed by atoms with Crippen LogP contribution in [0.4, 0.5) is 0 Å². The summed E-state index contributed by atoms with van der Waals surface area (Å²) in [6.45, 7) is 3.06. The zero-order valence-corrected chi connectivity index (χ0v) is 20.1. The number of carbonyl (C=O) groups is 1. The van der Waals surface area contributed by atoms with Gasteiger partial charge < -0.3 is 35.6 Å². The maximum atomic E-state index is 12.7. The minimum absolute atomic E-state index is 0.410. The van der Waals surface area contributed by atoms with Crippen LogP contribution in [0.2, 0.25) is 0 Å². The Morgan fingerprint density at radius 3 is 2.12 bits per heavy atom. The summed E-state index contributed by atoms with van der Waals surface area (Å²) in [4.78, 5) is 12.7. The van der Waals surface area contributed by atoms with Crippen molar-refractivity contribution in [2.75, 3.05) is 19.8 Å². The number of unbranched alkanes of at least 4 members (excludes halogenated alkanes) is 7. The standard InChI is InChI=1S/C26H43NO7/c1-2-3-4-5-6-7-8-9-13-16-27-21(17-20-14-11-10-12-15-20)26(33)34-19-23(30)25(32)24(31)22(29)18-28/h2,10-12,14-15,21-25,27-32H,1,3-9,13,16-19H2. The predicted molar refractivity (Wildman–Crippen MR) is 131 cm³/mol. The second kappa shape index (κ2) is 18.5. The van der Waals surface area contributed by atoms with Gasteiger partial charge in [-0.15, -0.1) is 6.58 Å². The van der Waals surface area contributed by atoms with Gasteiger partial charge in [0.25, 0.3) is 0 Å². The molecule has 0 aliphatic carbocycles. The molecule has 6 N–H and O–H groups in total. The van der Waals surface area contributed by atoms with Crippen LogP contribution in [0.25, 0.3) is 0 Å². The molecule has 5 atom stereocenters. The maximum Gasteiger partial charge on any atom is 0.323 e. The van der Waals surface area contributed by atoms with Crippen molar-refractivity contribution in [1.82, 2.24) is 5.32 Å². The summed E-state index contributed by atoms with van der Waals surface area (Å²) in [7, 11) is 0. The summed E-state index contributed by atoms with van der Waals surface area (Å²) in [6, 6.07) is 8.88. The molecule has 1 aromatic carbocycles. The Kier molecular flexibility index (Phi) is 16.5. The first kappa shape index (κ1) is 30.2. The molecular weight excluding hydrogens is 438 g/mol. The summed E-state index contributed by atoms with van der Waals surface area (Å²) in [6.07, 6.45) is 4.67. The topological polar surface area (TPSA) is 139 Å². The molecule has 0 aliphatic rings. The van der Waals surface area contributed by atoms with Crippen molar-refractivity contribution in [3.8, 4) is 0 Å². The van der Waals surface area contributed by atoms with Crippen LogP contribution in [-0.2, 0) is 16.0 Å². The van der Waals surface area contributed by atoms with Crippen LogP contribution < -0.4 is 5.32 Å². The third-order valence-corrected chi connectivity index (χ3v) is 5.76. The monoisotopic (exact) mass is 481 g/mol. The molecule has 5 unspecified atom stereocenters. The minimum atomic E-state index is -1.77. The number of hydrogen-bond donors (Lipinski definition) is 6. The molecule has 0 spiro atoms. The summed E-state index contributed by atoms with van der Waals surface area (Å²) < 4.78 is 5.19. The minimum Gasteiger partial charge on any atom is -0.462 e. The van der Waals surface area contributed by atoms with Crippen LogP contribution in [-0.4, -0.2) is 81.7 Å². The first-order valence-electron chi connectivity index (χ1n) is 12.3. The fourth-order valence-corrected chi connectivity index (χ4v) is 3.59. The van der Waals surface area contributed by atoms with Crippen molar-refractivity contribution >= 4 is 5.97 Å². The number of rotatable bonds is 20. The predicted octanol–water partition coefficient (Wildman–Crippen LogP) is 1.47. The second-order valence-corrected chi connectivity index (χ2v) is 8.68. The third-order valence-electron chi connectivity index (χ3n) is 5.76. The first-order valence-corrected chi connectivity index (χ1v) is 12.3. The molecule has 0 heterocycles. The van der Waals surface area contributed by atoms with Crippen LogP contribution in [0.5, 0.6) is 0 Å². The molecule has 194 valence electrons. The van der Waals surface area contributed by atoms with Gasteiger partial charge in [0.2, 0.25) is 0 Å². The van der Waals surface area contributed by atoms with Gasteiger partial charge in [-0.3, -0.25) is 4.79 Å². The van der Waals surface area contributed by atoms with E-state index < -0.39 is 49.6 Å². The van der Waals surface area contributed by atoms with Crippen molar-refractivity contribution < 1.29 is 35.1 Å². The number of hydrogen-bond acceptors (Lipinski definition) is 8. The highest BCUT2D eigenvalue weighted by atomic mass is 16.5.